The average Bonchev–Trinajstić information content (AvgIpc) is 3.82. The molecule has 9 aromatic rings. The molecule has 2 heteroatoms. The summed E-state index contributed by atoms with van der Waals surface area (Å²) < 4.78 is 6.97. The SMILES string of the molecule is CC1(C)c2ccccc2-c2ccc(-c3ccc(N(c4ccccc4)c4cccc5c4oc4cc(C6(C)c7ccccc7-c7ccccc76)ccc45)cc3)cc21. The minimum Gasteiger partial charge on any atom is -0.454 e. The van der Waals surface area contributed by atoms with E-state index in [4.69, 9.17) is 4.42 Å². The van der Waals surface area contributed by atoms with Crippen molar-refractivity contribution in [2.24, 2.45) is 0 Å². The Kier molecular flexibility index (Phi) is 6.76. The number of benzene rings is 8. The van der Waals surface area contributed by atoms with Gasteiger partial charge in [-0.2, -0.15) is 0 Å². The zero-order valence-corrected chi connectivity index (χ0v) is 31.2. The van der Waals surface area contributed by atoms with Gasteiger partial charge < -0.3 is 9.32 Å². The maximum atomic E-state index is 6.97. The predicted octanol–water partition coefficient (Wildman–Crippen LogP) is 14.4. The smallest absolute Gasteiger partial charge is 0.159 e. The largest absolute Gasteiger partial charge is 0.454 e. The van der Waals surface area contributed by atoms with Crippen LogP contribution in [0.4, 0.5) is 17.1 Å². The molecule has 2 nitrogen and oxygen atoms in total. The van der Waals surface area contributed by atoms with Crippen molar-refractivity contribution in [2.75, 3.05) is 4.90 Å². The van der Waals surface area contributed by atoms with Crippen molar-refractivity contribution in [2.45, 2.75) is 31.6 Å². The van der Waals surface area contributed by atoms with E-state index in [9.17, 15) is 0 Å². The van der Waals surface area contributed by atoms with Crippen molar-refractivity contribution in [1.82, 2.24) is 0 Å². The van der Waals surface area contributed by atoms with Gasteiger partial charge in [-0.05, 0) is 111 Å². The lowest BCUT2D eigenvalue weighted by Crippen LogP contribution is -2.22. The number of hydrogen-bond donors (Lipinski definition) is 0. The lowest BCUT2D eigenvalue weighted by atomic mass is 9.74. The Labute approximate surface area is 322 Å². The minimum absolute atomic E-state index is 0.0399. The number of furan rings is 1. The molecule has 8 aromatic carbocycles. The highest BCUT2D eigenvalue weighted by Crippen LogP contribution is 2.53. The normalized spacial score (nSPS) is 14.4. The molecule has 0 radical (unpaired) electrons. The Bertz CT molecular complexity index is 2920. The van der Waals surface area contributed by atoms with Crippen LogP contribution in [0.1, 0.15) is 48.6 Å². The van der Waals surface area contributed by atoms with Crippen molar-refractivity contribution in [3.63, 3.8) is 0 Å². The Balaban J connectivity index is 1.01. The summed E-state index contributed by atoms with van der Waals surface area (Å²) in [7, 11) is 0. The predicted molar refractivity (Wildman–Crippen MR) is 229 cm³/mol. The second-order valence-electron chi connectivity index (χ2n) is 15.8. The van der Waals surface area contributed by atoms with E-state index in [1.807, 2.05) is 0 Å². The molecule has 0 saturated carbocycles. The van der Waals surface area contributed by atoms with Crippen LogP contribution in [0.25, 0.3) is 55.3 Å². The molecule has 11 rings (SSSR count). The van der Waals surface area contributed by atoms with Gasteiger partial charge in [-0.3, -0.25) is 0 Å². The van der Waals surface area contributed by atoms with Crippen molar-refractivity contribution in [1.29, 1.82) is 0 Å². The van der Waals surface area contributed by atoms with E-state index < -0.39 is 0 Å². The maximum Gasteiger partial charge on any atom is 0.159 e. The molecule has 0 N–H and O–H groups in total. The van der Waals surface area contributed by atoms with Crippen molar-refractivity contribution in [3.05, 3.63) is 210 Å². The molecule has 0 amide bonds. The lowest BCUT2D eigenvalue weighted by molar-refractivity contribution is 0.660. The summed E-state index contributed by atoms with van der Waals surface area (Å²) in [5.74, 6) is 0. The molecule has 2 aliphatic carbocycles. The first-order valence-electron chi connectivity index (χ1n) is 19.3. The first kappa shape index (κ1) is 31.8. The molecular formula is C53H39NO. The van der Waals surface area contributed by atoms with E-state index in [0.29, 0.717) is 0 Å². The molecule has 1 aromatic heterocycles. The quantitative estimate of drug-likeness (QED) is 0.177. The molecule has 55 heavy (non-hydrogen) atoms. The summed E-state index contributed by atoms with van der Waals surface area (Å²) in [5, 5.41) is 2.23. The van der Waals surface area contributed by atoms with E-state index in [-0.39, 0.29) is 10.8 Å². The zero-order chi connectivity index (χ0) is 36.9. The van der Waals surface area contributed by atoms with Gasteiger partial charge in [-0.15, -0.1) is 0 Å². The summed E-state index contributed by atoms with van der Waals surface area (Å²) in [6.45, 7) is 7.04. The molecular weight excluding hydrogens is 667 g/mol. The molecule has 2 aliphatic rings. The number of anilines is 3. The molecule has 0 saturated heterocycles. The van der Waals surface area contributed by atoms with Gasteiger partial charge in [-0.25, -0.2) is 0 Å². The van der Waals surface area contributed by atoms with Crippen LogP contribution in [-0.4, -0.2) is 0 Å². The average molecular weight is 706 g/mol. The molecule has 262 valence electrons. The van der Waals surface area contributed by atoms with E-state index in [2.05, 4.69) is 208 Å². The molecule has 0 aliphatic heterocycles. The third-order valence-corrected chi connectivity index (χ3v) is 12.6. The number of para-hydroxylation sites is 2. The van der Waals surface area contributed by atoms with Crippen LogP contribution < -0.4 is 4.90 Å². The van der Waals surface area contributed by atoms with Crippen molar-refractivity contribution >= 4 is 39.0 Å². The fourth-order valence-corrected chi connectivity index (χ4v) is 9.73. The van der Waals surface area contributed by atoms with Gasteiger partial charge in [-0.1, -0.05) is 153 Å². The Morgan fingerprint density at radius 3 is 1.71 bits per heavy atom. The van der Waals surface area contributed by atoms with Crippen LogP contribution in [0.15, 0.2) is 186 Å². The molecule has 0 unspecified atom stereocenters. The summed E-state index contributed by atoms with van der Waals surface area (Å²) in [5.41, 5.74) is 19.0. The fourth-order valence-electron chi connectivity index (χ4n) is 9.73. The van der Waals surface area contributed by atoms with E-state index >= 15 is 0 Å². The number of fused-ring (bicyclic) bond motifs is 9. The standard InChI is InChI=1S/C53H39NO/c1-52(2)45-20-10-7-16-39(45)42-30-26-35(32-48(42)52)34-24-28-38(29-25-34)54(37-14-5-4-6-15-37)49-23-13-19-44-43-31-27-36(33-50(43)55-51(44)49)53(3)46-21-11-8-17-40(46)41-18-9-12-22-47(41)53/h4-33H,1-3H3. The molecule has 1 heterocycles. The van der Waals surface area contributed by atoms with Crippen molar-refractivity contribution < 1.29 is 4.42 Å². The second-order valence-corrected chi connectivity index (χ2v) is 15.8. The fraction of sp³-hybridized carbons (Fsp3) is 0.0943. The van der Waals surface area contributed by atoms with Crippen LogP contribution in [0.3, 0.4) is 0 Å². The van der Waals surface area contributed by atoms with Gasteiger partial charge in [0.1, 0.15) is 5.58 Å². The summed E-state index contributed by atoms with van der Waals surface area (Å²) in [6.07, 6.45) is 0. The molecule has 0 fully saturated rings. The Hall–Kier alpha value is -6.64. The Morgan fingerprint density at radius 2 is 1.00 bits per heavy atom. The first-order valence-corrected chi connectivity index (χ1v) is 19.3. The van der Waals surface area contributed by atoms with Gasteiger partial charge in [0.2, 0.25) is 0 Å². The topological polar surface area (TPSA) is 16.4 Å². The van der Waals surface area contributed by atoms with Gasteiger partial charge >= 0.3 is 0 Å². The maximum absolute atomic E-state index is 6.97. The zero-order valence-electron chi connectivity index (χ0n) is 31.2. The minimum atomic E-state index is -0.292. The van der Waals surface area contributed by atoms with Gasteiger partial charge in [0.25, 0.3) is 0 Å². The number of nitrogens with zero attached hydrogens (tertiary/aromatic N) is 1. The van der Waals surface area contributed by atoms with Gasteiger partial charge in [0.05, 0.1) is 5.69 Å². The van der Waals surface area contributed by atoms with Crippen molar-refractivity contribution in [3.8, 4) is 33.4 Å². The summed E-state index contributed by atoms with van der Waals surface area (Å²) >= 11 is 0. The molecule has 0 atom stereocenters. The first-order chi connectivity index (χ1) is 26.9. The highest BCUT2D eigenvalue weighted by atomic mass is 16.3. The van der Waals surface area contributed by atoms with E-state index in [1.165, 1.54) is 61.2 Å². The van der Waals surface area contributed by atoms with Crippen LogP contribution in [0, 0.1) is 0 Å². The van der Waals surface area contributed by atoms with Crippen LogP contribution in [0.2, 0.25) is 0 Å². The third kappa shape index (κ3) is 4.55. The summed E-state index contributed by atoms with van der Waals surface area (Å²) in [4.78, 5) is 2.32. The van der Waals surface area contributed by atoms with Gasteiger partial charge in [0, 0.05) is 33.0 Å². The van der Waals surface area contributed by atoms with Crippen LogP contribution in [-0.2, 0) is 10.8 Å². The van der Waals surface area contributed by atoms with E-state index in [1.54, 1.807) is 0 Å². The highest BCUT2D eigenvalue weighted by Gasteiger charge is 2.41. The summed E-state index contributed by atoms with van der Waals surface area (Å²) in [6, 6.07) is 66.4. The van der Waals surface area contributed by atoms with Crippen LogP contribution >= 0.6 is 0 Å². The third-order valence-electron chi connectivity index (χ3n) is 12.6. The van der Waals surface area contributed by atoms with Gasteiger partial charge in [0.15, 0.2) is 5.58 Å². The lowest BCUT2D eigenvalue weighted by Gasteiger charge is -2.28. The number of hydrogen-bond acceptors (Lipinski definition) is 2. The highest BCUT2D eigenvalue weighted by molar-refractivity contribution is 6.10. The molecule has 0 bridgehead atoms. The molecule has 0 spiro atoms. The van der Waals surface area contributed by atoms with E-state index in [0.717, 1.165) is 39.0 Å². The van der Waals surface area contributed by atoms with Crippen LogP contribution in [0.5, 0.6) is 0 Å². The Morgan fingerprint density at radius 1 is 0.418 bits per heavy atom. The monoisotopic (exact) mass is 705 g/mol. The second kappa shape index (κ2) is 11.7. The number of rotatable bonds is 5.